The Balaban J connectivity index is 1.28. The van der Waals surface area contributed by atoms with Crippen molar-refractivity contribution < 1.29 is 19.0 Å². The van der Waals surface area contributed by atoms with Crippen LogP contribution in [0.3, 0.4) is 0 Å². The minimum atomic E-state index is -0.783. The lowest BCUT2D eigenvalue weighted by atomic mass is 10.2. The first-order valence-corrected chi connectivity index (χ1v) is 12.7. The molecule has 0 aromatic carbocycles. The van der Waals surface area contributed by atoms with E-state index in [9.17, 15) is 4.79 Å². The molecule has 196 valence electrons. The van der Waals surface area contributed by atoms with Crippen LogP contribution in [0.1, 0.15) is 35.6 Å². The lowest BCUT2D eigenvalue weighted by molar-refractivity contribution is 0.102. The van der Waals surface area contributed by atoms with Crippen LogP contribution in [0.2, 0.25) is 0 Å². The number of nitrogens with zero attached hydrogens (tertiary/aromatic N) is 4. The predicted octanol–water partition coefficient (Wildman–Crippen LogP) is 6.30. The molecule has 0 bridgehead atoms. The van der Waals surface area contributed by atoms with E-state index in [0.29, 0.717) is 39.5 Å². The fourth-order valence-corrected chi connectivity index (χ4v) is 3.77. The van der Waals surface area contributed by atoms with Gasteiger partial charge in [-0.1, -0.05) is 24.3 Å². The van der Waals surface area contributed by atoms with Crippen LogP contribution >= 0.6 is 11.6 Å². The van der Waals surface area contributed by atoms with Gasteiger partial charge in [0.15, 0.2) is 0 Å². The molecule has 0 atom stereocenters. The fraction of sp³-hybridized carbons (Fsp3) is 0.276. The molecule has 0 fully saturated rings. The summed E-state index contributed by atoms with van der Waals surface area (Å²) in [6.07, 6.45) is 1.45. The Hall–Kier alpha value is -3.72. The molecule has 4 heterocycles. The zero-order valence-electron chi connectivity index (χ0n) is 21.2. The van der Waals surface area contributed by atoms with Gasteiger partial charge in [-0.05, 0) is 68.3 Å². The molecule has 4 aromatic heterocycles. The molecule has 0 N–H and O–H groups in total. The maximum atomic E-state index is 10.6. The maximum absolute atomic E-state index is 10.6. The molecular weight excluding hydrogens is 504 g/mol. The zero-order valence-corrected chi connectivity index (χ0v) is 21.9. The van der Waals surface area contributed by atoms with Crippen molar-refractivity contribution in [1.29, 1.82) is 0 Å². The standard InChI is InChI=1S/C29H29ClN4O4/c1-21-8-4-12-25(31-21)26-13-6-10-23(33-26)19-37-20-24-11-7-15-28(34-24)27-14-5-9-22(32-27)18-36-16-2-3-17-38-29(30)35/h4-15H,2-3,16-20H2,1H3. The first-order valence-electron chi connectivity index (χ1n) is 12.4. The van der Waals surface area contributed by atoms with Gasteiger partial charge in [-0.2, -0.15) is 0 Å². The summed E-state index contributed by atoms with van der Waals surface area (Å²) in [6, 6.07) is 23.3. The van der Waals surface area contributed by atoms with E-state index in [0.717, 1.165) is 52.0 Å². The smallest absolute Gasteiger partial charge is 0.403 e. The number of hydrogen-bond donors (Lipinski definition) is 0. The first kappa shape index (κ1) is 27.3. The van der Waals surface area contributed by atoms with E-state index in [-0.39, 0.29) is 0 Å². The molecule has 0 unspecified atom stereocenters. The SMILES string of the molecule is Cc1cccc(-c2cccc(COCc3cccc(-c4cccc(COCCCCOC(=O)Cl)n4)n3)n2)n1. The molecule has 0 saturated carbocycles. The van der Waals surface area contributed by atoms with Crippen LogP contribution in [-0.4, -0.2) is 38.6 Å². The lowest BCUT2D eigenvalue weighted by Gasteiger charge is -2.08. The highest BCUT2D eigenvalue weighted by molar-refractivity contribution is 6.61. The summed E-state index contributed by atoms with van der Waals surface area (Å²) in [5, 5.41) is 0. The van der Waals surface area contributed by atoms with E-state index in [4.69, 9.17) is 30.8 Å². The second-order valence-electron chi connectivity index (χ2n) is 8.55. The van der Waals surface area contributed by atoms with Gasteiger partial charge in [-0.25, -0.2) is 19.7 Å². The second-order valence-corrected chi connectivity index (χ2v) is 8.85. The summed E-state index contributed by atoms with van der Waals surface area (Å²) in [5.41, 5.74) is 5.81. The number of aryl methyl sites for hydroxylation is 1. The van der Waals surface area contributed by atoms with E-state index in [1.807, 2.05) is 79.7 Å². The third-order valence-corrected chi connectivity index (χ3v) is 5.59. The number of halogens is 1. The molecule has 0 aliphatic carbocycles. The molecule has 0 aliphatic rings. The van der Waals surface area contributed by atoms with Crippen molar-refractivity contribution >= 4 is 17.0 Å². The highest BCUT2D eigenvalue weighted by atomic mass is 35.5. The summed E-state index contributed by atoms with van der Waals surface area (Å²) < 4.78 is 16.3. The van der Waals surface area contributed by atoms with Crippen molar-refractivity contribution in [3.63, 3.8) is 0 Å². The Morgan fingerprint density at radius 3 is 1.58 bits per heavy atom. The van der Waals surface area contributed by atoms with Crippen molar-refractivity contribution in [2.24, 2.45) is 0 Å². The van der Waals surface area contributed by atoms with Crippen molar-refractivity contribution in [1.82, 2.24) is 19.9 Å². The molecule has 38 heavy (non-hydrogen) atoms. The van der Waals surface area contributed by atoms with Crippen molar-refractivity contribution in [3.05, 3.63) is 95.6 Å². The molecule has 0 aliphatic heterocycles. The monoisotopic (exact) mass is 532 g/mol. The summed E-state index contributed by atoms with van der Waals surface area (Å²) in [5.74, 6) is 0. The quantitative estimate of drug-likeness (QED) is 0.146. The fourth-order valence-electron chi connectivity index (χ4n) is 3.69. The Kier molecular flexibility index (Phi) is 10.3. The second kappa shape index (κ2) is 14.3. The van der Waals surface area contributed by atoms with Crippen LogP contribution in [0.15, 0.2) is 72.8 Å². The van der Waals surface area contributed by atoms with Gasteiger partial charge in [0.05, 0.1) is 66.3 Å². The lowest BCUT2D eigenvalue weighted by Crippen LogP contribution is -2.02. The minimum absolute atomic E-state index is 0.291. The van der Waals surface area contributed by atoms with Crippen LogP contribution in [0.25, 0.3) is 22.8 Å². The van der Waals surface area contributed by atoms with E-state index >= 15 is 0 Å². The van der Waals surface area contributed by atoms with Crippen molar-refractivity contribution in [3.8, 4) is 22.8 Å². The summed E-state index contributed by atoms with van der Waals surface area (Å²) in [6.45, 7) is 3.90. The van der Waals surface area contributed by atoms with E-state index in [1.54, 1.807) is 0 Å². The molecule has 8 nitrogen and oxygen atoms in total. The highest BCUT2D eigenvalue weighted by Gasteiger charge is 2.07. The first-order chi connectivity index (χ1) is 18.6. The Morgan fingerprint density at radius 2 is 1.08 bits per heavy atom. The minimum Gasteiger partial charge on any atom is -0.454 e. The third-order valence-electron chi connectivity index (χ3n) is 5.48. The van der Waals surface area contributed by atoms with Gasteiger partial charge in [0, 0.05) is 23.9 Å². The van der Waals surface area contributed by atoms with Gasteiger partial charge in [-0.3, -0.25) is 4.98 Å². The average Bonchev–Trinajstić information content (AvgIpc) is 2.93. The molecular formula is C29H29ClN4O4. The van der Waals surface area contributed by atoms with Crippen LogP contribution in [-0.2, 0) is 34.0 Å². The number of carbonyl (C=O) groups excluding carboxylic acids is 1. The maximum Gasteiger partial charge on any atom is 0.403 e. The molecule has 0 radical (unpaired) electrons. The Morgan fingerprint density at radius 1 is 0.632 bits per heavy atom. The van der Waals surface area contributed by atoms with Crippen molar-refractivity contribution in [2.45, 2.75) is 39.6 Å². The van der Waals surface area contributed by atoms with Gasteiger partial charge < -0.3 is 14.2 Å². The topological polar surface area (TPSA) is 96.3 Å². The van der Waals surface area contributed by atoms with Crippen LogP contribution < -0.4 is 0 Å². The zero-order chi connectivity index (χ0) is 26.6. The number of carbonyl (C=O) groups is 1. The van der Waals surface area contributed by atoms with Crippen molar-refractivity contribution in [2.75, 3.05) is 13.2 Å². The largest absolute Gasteiger partial charge is 0.454 e. The predicted molar refractivity (Wildman–Crippen MR) is 144 cm³/mol. The molecule has 4 aromatic rings. The molecule has 4 rings (SSSR count). The van der Waals surface area contributed by atoms with Gasteiger partial charge in [0.1, 0.15) is 0 Å². The number of hydrogen-bond acceptors (Lipinski definition) is 8. The molecule has 0 saturated heterocycles. The van der Waals surface area contributed by atoms with Crippen LogP contribution in [0.5, 0.6) is 0 Å². The van der Waals surface area contributed by atoms with Gasteiger partial charge >= 0.3 is 5.43 Å². The normalized spacial score (nSPS) is 10.9. The number of aromatic nitrogens is 4. The summed E-state index contributed by atoms with van der Waals surface area (Å²) >= 11 is 5.13. The highest BCUT2D eigenvalue weighted by Crippen LogP contribution is 2.18. The molecule has 9 heteroatoms. The summed E-state index contributed by atoms with van der Waals surface area (Å²) in [4.78, 5) is 29.2. The summed E-state index contributed by atoms with van der Waals surface area (Å²) in [7, 11) is 0. The van der Waals surface area contributed by atoms with Gasteiger partial charge in [0.2, 0.25) is 0 Å². The Bertz CT molecular complexity index is 1350. The number of ether oxygens (including phenoxy) is 3. The molecule has 0 spiro atoms. The number of unbranched alkanes of at least 4 members (excludes halogenated alkanes) is 1. The van der Waals surface area contributed by atoms with Crippen LogP contribution in [0.4, 0.5) is 4.79 Å². The van der Waals surface area contributed by atoms with E-state index in [2.05, 4.69) is 15.0 Å². The number of pyridine rings is 4. The third kappa shape index (κ3) is 8.69. The Labute approximate surface area is 227 Å². The average molecular weight is 533 g/mol. The van der Waals surface area contributed by atoms with Gasteiger partial charge in [-0.15, -0.1) is 0 Å². The number of rotatable bonds is 13. The van der Waals surface area contributed by atoms with E-state index in [1.165, 1.54) is 0 Å². The van der Waals surface area contributed by atoms with Gasteiger partial charge in [0.25, 0.3) is 0 Å². The van der Waals surface area contributed by atoms with E-state index < -0.39 is 5.43 Å². The molecule has 0 amide bonds. The van der Waals surface area contributed by atoms with Crippen LogP contribution in [0, 0.1) is 6.92 Å².